The van der Waals surface area contributed by atoms with Gasteiger partial charge in [-0.1, -0.05) is 73.1 Å². The standard InChI is InChI=1S/C48H51ClF3N4O6S3/c1-2-26-55-27-8-9-39(55)30-37(32-63-40-10-4-3-5-11-40)53-44-23-22-41(31-45(44)64(59,60)48(50,51)52)65(61,62)54-47(58)35-16-20-38(21-17-35)56-28-24-34(25-29-56)46(57)43-13-7-6-12-42(43)33-14-18-36(49)19-15-33/h3-7,10-23,31,34,37,39,46,53,57H,1-2,8-9,24-30,32H2,(H,54,58)/t37-,39+,46-/m1/s1. The van der Waals surface area contributed by atoms with Crippen molar-refractivity contribution < 1.29 is 39.9 Å². The summed E-state index contributed by atoms with van der Waals surface area (Å²) < 4.78 is 98.0. The lowest BCUT2D eigenvalue weighted by Crippen LogP contribution is -2.37. The van der Waals surface area contributed by atoms with Gasteiger partial charge in [0.05, 0.1) is 16.7 Å². The average Bonchev–Trinajstić information content (AvgIpc) is 3.74. The van der Waals surface area contributed by atoms with Gasteiger partial charge in [0, 0.05) is 52.1 Å². The first-order valence-corrected chi connectivity index (χ1v) is 25.7. The molecule has 3 atom stereocenters. The Kier molecular flexibility index (Phi) is 15.6. The number of carbonyl (C=O) groups is 1. The molecule has 0 unspecified atom stereocenters. The van der Waals surface area contributed by atoms with Gasteiger partial charge in [-0.15, -0.1) is 11.8 Å². The highest BCUT2D eigenvalue weighted by Gasteiger charge is 2.48. The van der Waals surface area contributed by atoms with E-state index in [1.165, 1.54) is 23.9 Å². The van der Waals surface area contributed by atoms with Gasteiger partial charge in [0.15, 0.2) is 0 Å². The molecule has 1 radical (unpaired) electrons. The van der Waals surface area contributed by atoms with Crippen molar-refractivity contribution in [1.82, 2.24) is 9.62 Å². The lowest BCUT2D eigenvalue weighted by atomic mass is 9.84. The fourth-order valence-corrected chi connectivity index (χ4v) is 11.8. The fraction of sp³-hybridized carbons (Fsp3) is 0.333. The number of thioether (sulfide) groups is 1. The minimum Gasteiger partial charge on any atom is -0.388 e. The Hall–Kier alpha value is -4.58. The molecule has 1 amide bonds. The number of sulfone groups is 1. The van der Waals surface area contributed by atoms with Crippen molar-refractivity contribution in [3.05, 3.63) is 144 Å². The number of anilines is 2. The molecule has 2 saturated heterocycles. The zero-order chi connectivity index (χ0) is 46.4. The summed E-state index contributed by atoms with van der Waals surface area (Å²) in [5.41, 5.74) is -2.70. The van der Waals surface area contributed by atoms with E-state index in [1.54, 1.807) is 12.1 Å². The third-order valence-corrected chi connectivity index (χ3v) is 16.3. The summed E-state index contributed by atoms with van der Waals surface area (Å²) in [7, 11) is -10.9. The molecule has 17 heteroatoms. The van der Waals surface area contributed by atoms with Gasteiger partial charge < -0.3 is 20.2 Å². The average molecular weight is 969 g/mol. The molecule has 0 aliphatic carbocycles. The molecule has 10 nitrogen and oxygen atoms in total. The van der Waals surface area contributed by atoms with E-state index >= 15 is 0 Å². The maximum absolute atomic E-state index is 14.2. The molecule has 2 fully saturated rings. The van der Waals surface area contributed by atoms with Gasteiger partial charge in [0.2, 0.25) is 0 Å². The maximum Gasteiger partial charge on any atom is 0.501 e. The highest BCUT2D eigenvalue weighted by molar-refractivity contribution is 7.99. The monoisotopic (exact) mass is 967 g/mol. The zero-order valence-corrected chi connectivity index (χ0v) is 38.7. The summed E-state index contributed by atoms with van der Waals surface area (Å²) in [4.78, 5) is 16.5. The van der Waals surface area contributed by atoms with Crippen LogP contribution in [0.4, 0.5) is 24.5 Å². The molecular weight excluding hydrogens is 917 g/mol. The van der Waals surface area contributed by atoms with Crippen LogP contribution in [0.25, 0.3) is 11.1 Å². The van der Waals surface area contributed by atoms with E-state index in [2.05, 4.69) is 22.0 Å². The van der Waals surface area contributed by atoms with E-state index in [4.69, 9.17) is 11.6 Å². The minimum atomic E-state index is -6.07. The second kappa shape index (κ2) is 20.9. The zero-order valence-electron chi connectivity index (χ0n) is 35.5. The summed E-state index contributed by atoms with van der Waals surface area (Å²) in [6.07, 6.45) is 3.62. The minimum absolute atomic E-state index is 0.0158. The second-order valence-corrected chi connectivity index (χ2v) is 21.5. The molecule has 0 spiro atoms. The molecular formula is C48H51ClF3N4O6S3. The Morgan fingerprint density at radius 1 is 0.862 bits per heavy atom. The van der Waals surface area contributed by atoms with Gasteiger partial charge in [-0.25, -0.2) is 21.6 Å². The van der Waals surface area contributed by atoms with Crippen LogP contribution in [0.2, 0.25) is 5.02 Å². The van der Waals surface area contributed by atoms with Gasteiger partial charge in [-0.05, 0) is 141 Å². The van der Waals surface area contributed by atoms with Crippen molar-refractivity contribution in [2.75, 3.05) is 42.1 Å². The number of nitrogens with one attached hydrogen (secondary N) is 2. The molecule has 0 aromatic heterocycles. The van der Waals surface area contributed by atoms with Gasteiger partial charge in [-0.3, -0.25) is 4.79 Å². The third kappa shape index (κ3) is 11.7. The number of amides is 1. The molecule has 3 N–H and O–H groups in total. The lowest BCUT2D eigenvalue weighted by Gasteiger charge is -2.36. The van der Waals surface area contributed by atoms with Crippen LogP contribution in [0.5, 0.6) is 0 Å². The topological polar surface area (TPSA) is 136 Å². The fourth-order valence-electron chi connectivity index (χ4n) is 8.66. The van der Waals surface area contributed by atoms with E-state index in [1.807, 2.05) is 83.6 Å². The number of alkyl halides is 3. The predicted molar refractivity (Wildman–Crippen MR) is 251 cm³/mol. The number of hydrogen-bond donors (Lipinski definition) is 3. The summed E-state index contributed by atoms with van der Waals surface area (Å²) in [6, 6.07) is 32.8. The molecule has 2 heterocycles. The number of halogens is 4. The molecule has 7 rings (SSSR count). The number of benzene rings is 5. The Labute approximate surface area is 388 Å². The first-order chi connectivity index (χ1) is 31.0. The summed E-state index contributed by atoms with van der Waals surface area (Å²) in [6.45, 7) is 6.77. The summed E-state index contributed by atoms with van der Waals surface area (Å²) in [5, 5.41) is 15.2. The highest BCUT2D eigenvalue weighted by atomic mass is 35.5. The number of sulfonamides is 1. The Bertz CT molecular complexity index is 2630. The van der Waals surface area contributed by atoms with Crippen molar-refractivity contribution >= 4 is 60.5 Å². The van der Waals surface area contributed by atoms with Crippen molar-refractivity contribution in [2.45, 2.75) is 76.9 Å². The Morgan fingerprint density at radius 3 is 2.22 bits per heavy atom. The van der Waals surface area contributed by atoms with Crippen LogP contribution in [0.3, 0.4) is 0 Å². The van der Waals surface area contributed by atoms with E-state index in [0.29, 0.717) is 55.6 Å². The molecule has 0 bridgehead atoms. The Balaban J connectivity index is 1.04. The number of hydrogen-bond acceptors (Lipinski definition) is 10. The highest BCUT2D eigenvalue weighted by Crippen LogP contribution is 2.39. The number of carbonyl (C=O) groups excluding carboxylic acids is 1. The van der Waals surface area contributed by atoms with E-state index < -0.39 is 58.9 Å². The largest absolute Gasteiger partial charge is 0.501 e. The summed E-state index contributed by atoms with van der Waals surface area (Å²) in [5.74, 6) is -0.694. The molecule has 2 aliphatic heterocycles. The SMILES string of the molecule is [CH2]CCN1CCC[C@H]1C[C@H](CSc1ccccc1)Nc1ccc(S(=O)(=O)NC(=O)c2ccc(N3CCC([C@@H](O)c4ccccc4-c4ccc(Cl)cc4)CC3)cc2)cc1S(=O)(=O)C(F)(F)F. The molecule has 345 valence electrons. The van der Waals surface area contributed by atoms with E-state index in [0.717, 1.165) is 65.3 Å². The molecule has 5 aromatic carbocycles. The maximum atomic E-state index is 14.2. The van der Waals surface area contributed by atoms with Gasteiger partial charge in [0.1, 0.15) is 4.90 Å². The van der Waals surface area contributed by atoms with Crippen molar-refractivity contribution in [1.29, 1.82) is 0 Å². The number of aliphatic hydroxyl groups excluding tert-OH is 1. The molecule has 2 aliphatic rings. The van der Waals surface area contributed by atoms with Crippen molar-refractivity contribution in [2.24, 2.45) is 5.92 Å². The molecule has 5 aromatic rings. The number of rotatable bonds is 17. The first kappa shape index (κ1) is 48.4. The number of nitrogens with zero attached hydrogens (tertiary/aromatic N) is 2. The van der Waals surface area contributed by atoms with E-state index in [9.17, 15) is 39.9 Å². The van der Waals surface area contributed by atoms with Crippen LogP contribution in [-0.2, 0) is 19.9 Å². The number of aliphatic hydroxyl groups is 1. The quantitative estimate of drug-likeness (QED) is 0.0773. The smallest absolute Gasteiger partial charge is 0.388 e. The van der Waals surface area contributed by atoms with Gasteiger partial charge in [-0.2, -0.15) is 13.2 Å². The van der Waals surface area contributed by atoms with Crippen LogP contribution < -0.4 is 14.9 Å². The number of likely N-dealkylation sites (tertiary alicyclic amines) is 1. The lowest BCUT2D eigenvalue weighted by molar-refractivity contribution is -0.0435. The van der Waals surface area contributed by atoms with E-state index in [-0.39, 0.29) is 17.5 Å². The molecule has 0 saturated carbocycles. The van der Waals surface area contributed by atoms with Crippen LogP contribution in [0.1, 0.15) is 60.6 Å². The van der Waals surface area contributed by atoms with Gasteiger partial charge >= 0.3 is 5.51 Å². The predicted octanol–water partition coefficient (Wildman–Crippen LogP) is 10.0. The van der Waals surface area contributed by atoms with Crippen LogP contribution in [-0.4, -0.2) is 82.3 Å². The normalized spacial score (nSPS) is 17.4. The third-order valence-electron chi connectivity index (χ3n) is 12.1. The van der Waals surface area contributed by atoms with Gasteiger partial charge in [0.25, 0.3) is 25.8 Å². The van der Waals surface area contributed by atoms with Crippen molar-refractivity contribution in [3.8, 4) is 11.1 Å². The van der Waals surface area contributed by atoms with Crippen LogP contribution >= 0.6 is 23.4 Å². The van der Waals surface area contributed by atoms with Crippen molar-refractivity contribution in [3.63, 3.8) is 0 Å². The van der Waals surface area contributed by atoms with Crippen LogP contribution in [0.15, 0.2) is 136 Å². The second-order valence-electron chi connectivity index (χ2n) is 16.3. The Morgan fingerprint density at radius 2 is 1.54 bits per heavy atom. The van der Waals surface area contributed by atoms with Crippen LogP contribution in [0, 0.1) is 12.8 Å². The summed E-state index contributed by atoms with van der Waals surface area (Å²) >= 11 is 7.56. The number of piperidine rings is 1. The first-order valence-electron chi connectivity index (χ1n) is 21.4. The molecule has 65 heavy (non-hydrogen) atoms.